The lowest BCUT2D eigenvalue weighted by Gasteiger charge is -2.32. The summed E-state index contributed by atoms with van der Waals surface area (Å²) < 4.78 is 0. The van der Waals surface area contributed by atoms with Crippen molar-refractivity contribution in [1.82, 2.24) is 15.1 Å². The van der Waals surface area contributed by atoms with Gasteiger partial charge in [0.2, 0.25) is 11.0 Å². The molecule has 1 aliphatic heterocycles. The van der Waals surface area contributed by atoms with Gasteiger partial charge in [-0.2, -0.15) is 0 Å². The van der Waals surface area contributed by atoms with Crippen molar-refractivity contribution in [2.24, 2.45) is 5.92 Å². The average molecular weight is 391 g/mol. The molecule has 4 rings (SSSR count). The lowest BCUT2D eigenvalue weighted by Crippen LogP contribution is -2.43. The molecule has 1 N–H and O–H groups in total. The maximum Gasteiger partial charge on any atom is 0.253 e. The van der Waals surface area contributed by atoms with Crippen LogP contribution in [-0.4, -0.2) is 40.0 Å². The van der Waals surface area contributed by atoms with E-state index in [1.807, 2.05) is 0 Å². The van der Waals surface area contributed by atoms with Crippen LogP contribution in [0.2, 0.25) is 5.02 Å². The molecule has 0 bridgehead atoms. The van der Waals surface area contributed by atoms with E-state index in [9.17, 15) is 9.59 Å². The van der Waals surface area contributed by atoms with Crippen molar-refractivity contribution in [2.45, 2.75) is 31.6 Å². The van der Waals surface area contributed by atoms with Crippen molar-refractivity contribution in [2.75, 3.05) is 18.4 Å². The Morgan fingerprint density at radius 1 is 1.15 bits per heavy atom. The minimum atomic E-state index is -0.228. The average Bonchev–Trinajstić information content (AvgIpc) is 3.41. The second-order valence-corrected chi connectivity index (χ2v) is 8.25. The molecule has 0 unspecified atom stereocenters. The Labute approximate surface area is 160 Å². The summed E-state index contributed by atoms with van der Waals surface area (Å²) in [6, 6.07) is 6.84. The SMILES string of the molecule is O=C(Nc1nnc(C2CC2)s1)[C@H]1CCCN(C(=O)c2ccc(Cl)cc2)C1. The predicted octanol–water partition coefficient (Wildman–Crippen LogP) is 3.56. The second kappa shape index (κ2) is 7.32. The first-order valence-corrected chi connectivity index (χ1v) is 9.98. The summed E-state index contributed by atoms with van der Waals surface area (Å²) >= 11 is 7.33. The Morgan fingerprint density at radius 2 is 1.92 bits per heavy atom. The van der Waals surface area contributed by atoms with Crippen LogP contribution in [0, 0.1) is 5.92 Å². The van der Waals surface area contributed by atoms with Crippen LogP contribution in [0.25, 0.3) is 0 Å². The summed E-state index contributed by atoms with van der Waals surface area (Å²) in [5, 5.41) is 13.2. The van der Waals surface area contributed by atoms with Crippen LogP contribution in [-0.2, 0) is 4.79 Å². The number of carbonyl (C=O) groups is 2. The topological polar surface area (TPSA) is 75.2 Å². The molecule has 136 valence electrons. The molecule has 0 spiro atoms. The molecule has 1 aromatic carbocycles. The number of carbonyl (C=O) groups excluding carboxylic acids is 2. The van der Waals surface area contributed by atoms with E-state index in [-0.39, 0.29) is 17.7 Å². The zero-order valence-electron chi connectivity index (χ0n) is 14.2. The summed E-state index contributed by atoms with van der Waals surface area (Å²) in [4.78, 5) is 27.0. The van der Waals surface area contributed by atoms with Gasteiger partial charge in [0.05, 0.1) is 5.92 Å². The van der Waals surface area contributed by atoms with Crippen LogP contribution in [0.15, 0.2) is 24.3 Å². The van der Waals surface area contributed by atoms with Gasteiger partial charge in [-0.1, -0.05) is 22.9 Å². The van der Waals surface area contributed by atoms with Crippen LogP contribution in [0.1, 0.15) is 47.0 Å². The third-order valence-corrected chi connectivity index (χ3v) is 6.02. The van der Waals surface area contributed by atoms with E-state index < -0.39 is 0 Å². The van der Waals surface area contributed by atoms with Crippen LogP contribution >= 0.6 is 22.9 Å². The first kappa shape index (κ1) is 17.4. The molecule has 1 saturated heterocycles. The van der Waals surface area contributed by atoms with Gasteiger partial charge in [0, 0.05) is 29.6 Å². The van der Waals surface area contributed by atoms with Gasteiger partial charge < -0.3 is 10.2 Å². The van der Waals surface area contributed by atoms with Gasteiger partial charge in [0.25, 0.3) is 5.91 Å². The number of benzene rings is 1. The molecule has 1 saturated carbocycles. The lowest BCUT2D eigenvalue weighted by molar-refractivity contribution is -0.121. The van der Waals surface area contributed by atoms with Crippen molar-refractivity contribution in [3.05, 3.63) is 39.9 Å². The fraction of sp³-hybridized carbons (Fsp3) is 0.444. The normalized spacial score (nSPS) is 20.0. The van der Waals surface area contributed by atoms with Gasteiger partial charge in [-0.3, -0.25) is 9.59 Å². The first-order chi connectivity index (χ1) is 12.6. The molecule has 1 atom stereocenters. The molecule has 6 nitrogen and oxygen atoms in total. The predicted molar refractivity (Wildman–Crippen MR) is 101 cm³/mol. The number of hydrogen-bond acceptors (Lipinski definition) is 5. The molecule has 8 heteroatoms. The Morgan fingerprint density at radius 3 is 2.65 bits per heavy atom. The third kappa shape index (κ3) is 3.88. The highest BCUT2D eigenvalue weighted by molar-refractivity contribution is 7.15. The summed E-state index contributed by atoms with van der Waals surface area (Å²) in [6.07, 6.45) is 3.89. The van der Waals surface area contributed by atoms with E-state index in [0.29, 0.717) is 34.7 Å². The molecule has 2 heterocycles. The number of anilines is 1. The van der Waals surface area contributed by atoms with E-state index in [1.165, 1.54) is 11.3 Å². The molecule has 2 fully saturated rings. The summed E-state index contributed by atoms with van der Waals surface area (Å²) in [5.74, 6) is 0.150. The molecule has 1 aliphatic carbocycles. The zero-order chi connectivity index (χ0) is 18.1. The number of nitrogens with zero attached hydrogens (tertiary/aromatic N) is 3. The Kier molecular flexibility index (Phi) is 4.91. The molecule has 26 heavy (non-hydrogen) atoms. The van der Waals surface area contributed by atoms with Crippen molar-refractivity contribution < 1.29 is 9.59 Å². The number of amides is 2. The minimum absolute atomic E-state index is 0.0638. The van der Waals surface area contributed by atoms with Crippen molar-refractivity contribution >= 4 is 39.9 Å². The van der Waals surface area contributed by atoms with Gasteiger partial charge in [-0.25, -0.2) is 0 Å². The summed E-state index contributed by atoms with van der Waals surface area (Å²) in [7, 11) is 0. The first-order valence-electron chi connectivity index (χ1n) is 8.79. The number of rotatable bonds is 4. The number of aromatic nitrogens is 2. The fourth-order valence-electron chi connectivity index (χ4n) is 3.14. The maximum atomic E-state index is 12.7. The molecule has 1 aromatic heterocycles. The Hall–Kier alpha value is -1.99. The monoisotopic (exact) mass is 390 g/mol. The number of halogens is 1. The van der Waals surface area contributed by atoms with Crippen LogP contribution in [0.3, 0.4) is 0 Å². The number of likely N-dealkylation sites (tertiary alicyclic amines) is 1. The fourth-order valence-corrected chi connectivity index (χ4v) is 4.18. The van der Waals surface area contributed by atoms with E-state index in [2.05, 4.69) is 15.5 Å². The van der Waals surface area contributed by atoms with Crippen LogP contribution < -0.4 is 5.32 Å². The maximum absolute atomic E-state index is 12.7. The molecule has 0 radical (unpaired) electrons. The van der Waals surface area contributed by atoms with E-state index in [0.717, 1.165) is 30.7 Å². The number of nitrogens with one attached hydrogen (secondary N) is 1. The van der Waals surface area contributed by atoms with Crippen LogP contribution in [0.5, 0.6) is 0 Å². The van der Waals surface area contributed by atoms with Gasteiger partial charge in [-0.15, -0.1) is 10.2 Å². The minimum Gasteiger partial charge on any atom is -0.338 e. The highest BCUT2D eigenvalue weighted by Crippen LogP contribution is 2.42. The molecule has 2 amide bonds. The largest absolute Gasteiger partial charge is 0.338 e. The summed E-state index contributed by atoms with van der Waals surface area (Å²) in [6.45, 7) is 1.08. The van der Waals surface area contributed by atoms with Crippen molar-refractivity contribution in [3.8, 4) is 0 Å². The highest BCUT2D eigenvalue weighted by Gasteiger charge is 2.31. The van der Waals surface area contributed by atoms with Gasteiger partial charge in [0.1, 0.15) is 5.01 Å². The molecule has 2 aliphatic rings. The van der Waals surface area contributed by atoms with Gasteiger partial charge in [0.15, 0.2) is 0 Å². The Balaban J connectivity index is 1.38. The Bertz CT molecular complexity index is 819. The van der Waals surface area contributed by atoms with Crippen molar-refractivity contribution in [1.29, 1.82) is 0 Å². The highest BCUT2D eigenvalue weighted by atomic mass is 35.5. The third-order valence-electron chi connectivity index (χ3n) is 4.77. The van der Waals surface area contributed by atoms with E-state index in [4.69, 9.17) is 11.6 Å². The lowest BCUT2D eigenvalue weighted by atomic mass is 9.96. The van der Waals surface area contributed by atoms with E-state index >= 15 is 0 Å². The van der Waals surface area contributed by atoms with Gasteiger partial charge >= 0.3 is 0 Å². The smallest absolute Gasteiger partial charge is 0.253 e. The summed E-state index contributed by atoms with van der Waals surface area (Å²) in [5.41, 5.74) is 0.591. The molecule has 2 aromatic rings. The molecular formula is C18H19ClN4O2S. The second-order valence-electron chi connectivity index (χ2n) is 6.81. The molecular weight excluding hydrogens is 372 g/mol. The van der Waals surface area contributed by atoms with Gasteiger partial charge in [-0.05, 0) is 49.9 Å². The number of hydrogen-bond donors (Lipinski definition) is 1. The van der Waals surface area contributed by atoms with Crippen LogP contribution in [0.4, 0.5) is 5.13 Å². The quantitative estimate of drug-likeness (QED) is 0.866. The van der Waals surface area contributed by atoms with Crippen molar-refractivity contribution in [3.63, 3.8) is 0 Å². The standard InChI is InChI=1S/C18H19ClN4O2S/c19-14-7-5-12(6-8-14)17(25)23-9-1-2-13(10-23)15(24)20-18-22-21-16(26-18)11-3-4-11/h5-8,11,13H,1-4,9-10H2,(H,20,22,24)/t13-/m0/s1. The zero-order valence-corrected chi connectivity index (χ0v) is 15.7. The van der Waals surface area contributed by atoms with E-state index in [1.54, 1.807) is 29.2 Å². The number of piperidine rings is 1.